The van der Waals surface area contributed by atoms with Crippen molar-refractivity contribution >= 4 is 5.91 Å². The van der Waals surface area contributed by atoms with Gasteiger partial charge in [-0.2, -0.15) is 5.10 Å². The molecule has 0 spiro atoms. The summed E-state index contributed by atoms with van der Waals surface area (Å²) in [5.74, 6) is 2.04. The minimum atomic E-state index is -0.262. The predicted octanol–water partition coefficient (Wildman–Crippen LogP) is 4.45. The highest BCUT2D eigenvalue weighted by atomic mass is 16.5. The molecule has 1 aliphatic rings. The van der Waals surface area contributed by atoms with Crippen molar-refractivity contribution in [1.29, 1.82) is 0 Å². The number of nitrogens with one attached hydrogen (secondary N) is 1. The Morgan fingerprint density at radius 3 is 2.42 bits per heavy atom. The lowest BCUT2D eigenvalue weighted by Gasteiger charge is -2.26. The second kappa shape index (κ2) is 8.71. The number of hydrogen-bond acceptors (Lipinski definition) is 5. The zero-order valence-corrected chi connectivity index (χ0v) is 18.3. The molecule has 31 heavy (non-hydrogen) atoms. The average molecular weight is 421 g/mol. The SMILES string of the molecule is CCCN1C(=O)c2[nH]nc(-c3ccc(OCC)cc3)c2C1c1ccc(OC)c(OC)c1. The predicted molar refractivity (Wildman–Crippen MR) is 118 cm³/mol. The normalized spacial score (nSPS) is 15.2. The topological polar surface area (TPSA) is 76.7 Å². The molecule has 1 unspecified atom stereocenters. The van der Waals surface area contributed by atoms with Crippen LogP contribution in [0, 0.1) is 0 Å². The van der Waals surface area contributed by atoms with Crippen molar-refractivity contribution in [3.8, 4) is 28.5 Å². The van der Waals surface area contributed by atoms with Crippen LogP contribution in [-0.4, -0.2) is 48.4 Å². The molecule has 2 heterocycles. The highest BCUT2D eigenvalue weighted by Gasteiger charge is 2.42. The van der Waals surface area contributed by atoms with Gasteiger partial charge in [-0.1, -0.05) is 13.0 Å². The van der Waals surface area contributed by atoms with Crippen LogP contribution in [-0.2, 0) is 0 Å². The van der Waals surface area contributed by atoms with E-state index >= 15 is 0 Å². The van der Waals surface area contributed by atoms with Crippen molar-refractivity contribution in [2.45, 2.75) is 26.3 Å². The molecular weight excluding hydrogens is 394 g/mol. The van der Waals surface area contributed by atoms with Gasteiger partial charge in [0.2, 0.25) is 0 Å². The lowest BCUT2D eigenvalue weighted by molar-refractivity contribution is 0.0743. The average Bonchev–Trinajstić information content (AvgIpc) is 3.34. The number of fused-ring (bicyclic) bond motifs is 1. The molecule has 1 atom stereocenters. The first kappa shape index (κ1) is 20.8. The van der Waals surface area contributed by atoms with Crippen LogP contribution in [0.4, 0.5) is 0 Å². The number of carbonyl (C=O) groups is 1. The van der Waals surface area contributed by atoms with E-state index in [1.165, 1.54) is 0 Å². The van der Waals surface area contributed by atoms with E-state index in [1.54, 1.807) is 14.2 Å². The smallest absolute Gasteiger partial charge is 0.273 e. The highest BCUT2D eigenvalue weighted by molar-refractivity contribution is 6.00. The van der Waals surface area contributed by atoms with Crippen molar-refractivity contribution in [2.24, 2.45) is 0 Å². The Labute approximate surface area is 181 Å². The van der Waals surface area contributed by atoms with Gasteiger partial charge in [-0.05, 0) is 55.3 Å². The van der Waals surface area contributed by atoms with Gasteiger partial charge >= 0.3 is 0 Å². The molecule has 1 amide bonds. The first-order chi connectivity index (χ1) is 15.1. The molecule has 4 rings (SSSR count). The fourth-order valence-electron chi connectivity index (χ4n) is 4.13. The maximum atomic E-state index is 13.2. The summed E-state index contributed by atoms with van der Waals surface area (Å²) in [6.45, 7) is 5.27. The quantitative estimate of drug-likeness (QED) is 0.582. The number of hydrogen-bond donors (Lipinski definition) is 1. The number of carbonyl (C=O) groups excluding carboxylic acids is 1. The minimum Gasteiger partial charge on any atom is -0.494 e. The Kier molecular flexibility index (Phi) is 5.84. The van der Waals surface area contributed by atoms with Gasteiger partial charge in [-0.3, -0.25) is 9.89 Å². The van der Waals surface area contributed by atoms with Gasteiger partial charge in [0.15, 0.2) is 11.5 Å². The van der Waals surface area contributed by atoms with E-state index in [-0.39, 0.29) is 11.9 Å². The Balaban J connectivity index is 1.83. The molecule has 162 valence electrons. The van der Waals surface area contributed by atoms with E-state index in [1.807, 2.05) is 54.3 Å². The van der Waals surface area contributed by atoms with Crippen LogP contribution in [0.2, 0.25) is 0 Å². The first-order valence-corrected chi connectivity index (χ1v) is 10.5. The zero-order chi connectivity index (χ0) is 22.0. The van der Waals surface area contributed by atoms with Crippen molar-refractivity contribution < 1.29 is 19.0 Å². The van der Waals surface area contributed by atoms with Crippen LogP contribution in [0.15, 0.2) is 42.5 Å². The molecule has 0 fully saturated rings. The van der Waals surface area contributed by atoms with Crippen molar-refractivity contribution in [1.82, 2.24) is 15.1 Å². The van der Waals surface area contributed by atoms with Crippen LogP contribution in [0.25, 0.3) is 11.3 Å². The second-order valence-corrected chi connectivity index (χ2v) is 7.33. The van der Waals surface area contributed by atoms with Crippen LogP contribution in [0.3, 0.4) is 0 Å². The highest BCUT2D eigenvalue weighted by Crippen LogP contribution is 2.44. The van der Waals surface area contributed by atoms with Crippen LogP contribution in [0.5, 0.6) is 17.2 Å². The zero-order valence-electron chi connectivity index (χ0n) is 18.3. The van der Waals surface area contributed by atoms with Crippen LogP contribution >= 0.6 is 0 Å². The lowest BCUT2D eigenvalue weighted by atomic mass is 9.95. The molecule has 7 heteroatoms. The second-order valence-electron chi connectivity index (χ2n) is 7.33. The monoisotopic (exact) mass is 421 g/mol. The fraction of sp³-hybridized carbons (Fsp3) is 0.333. The van der Waals surface area contributed by atoms with Gasteiger partial charge in [-0.25, -0.2) is 0 Å². The first-order valence-electron chi connectivity index (χ1n) is 10.5. The van der Waals surface area contributed by atoms with E-state index < -0.39 is 0 Å². The van der Waals surface area contributed by atoms with Crippen LogP contribution in [0.1, 0.15) is 47.9 Å². The molecular formula is C24H27N3O4. The Bertz CT molecular complexity index is 1070. The summed E-state index contributed by atoms with van der Waals surface area (Å²) >= 11 is 0. The van der Waals surface area contributed by atoms with E-state index in [9.17, 15) is 4.79 Å². The Morgan fingerprint density at radius 2 is 1.77 bits per heavy atom. The molecule has 2 aromatic carbocycles. The number of H-pyrrole nitrogens is 1. The van der Waals surface area contributed by atoms with Crippen molar-refractivity contribution in [3.05, 3.63) is 59.3 Å². The number of nitrogens with zero attached hydrogens (tertiary/aromatic N) is 2. The third-order valence-electron chi connectivity index (χ3n) is 5.49. The summed E-state index contributed by atoms with van der Waals surface area (Å²) in [6.07, 6.45) is 0.853. The van der Waals surface area contributed by atoms with Gasteiger partial charge in [-0.15, -0.1) is 0 Å². The van der Waals surface area contributed by atoms with Crippen molar-refractivity contribution in [3.63, 3.8) is 0 Å². The summed E-state index contributed by atoms with van der Waals surface area (Å²) < 4.78 is 16.5. The molecule has 0 bridgehead atoms. The maximum absolute atomic E-state index is 13.2. The minimum absolute atomic E-state index is 0.0404. The standard InChI is InChI=1S/C24H27N3O4/c1-5-13-27-23(16-9-12-18(29-3)19(14-16)30-4)20-21(25-26-22(20)24(27)28)15-7-10-17(11-8-15)31-6-2/h7-12,14,23H,5-6,13H2,1-4H3,(H,25,26). The van der Waals surface area contributed by atoms with E-state index in [2.05, 4.69) is 17.1 Å². The third kappa shape index (κ3) is 3.60. The number of methoxy groups -OCH3 is 2. The number of amides is 1. The number of ether oxygens (including phenoxy) is 3. The van der Waals surface area contributed by atoms with Gasteiger partial charge in [0, 0.05) is 17.7 Å². The van der Waals surface area contributed by atoms with Crippen molar-refractivity contribution in [2.75, 3.05) is 27.4 Å². The van der Waals surface area contributed by atoms with Crippen LogP contribution < -0.4 is 14.2 Å². The molecule has 0 saturated carbocycles. The van der Waals surface area contributed by atoms with E-state index in [0.29, 0.717) is 30.3 Å². The molecule has 3 aromatic rings. The molecule has 0 saturated heterocycles. The summed E-state index contributed by atoms with van der Waals surface area (Å²) in [7, 11) is 3.22. The van der Waals surface area contributed by atoms with E-state index in [4.69, 9.17) is 14.2 Å². The van der Waals surface area contributed by atoms with E-state index in [0.717, 1.165) is 34.6 Å². The van der Waals surface area contributed by atoms with Gasteiger partial charge in [0.1, 0.15) is 11.4 Å². The summed E-state index contributed by atoms with van der Waals surface area (Å²) in [6, 6.07) is 13.3. The largest absolute Gasteiger partial charge is 0.494 e. The number of benzene rings is 2. The number of aromatic nitrogens is 2. The molecule has 1 N–H and O–H groups in total. The molecule has 1 aromatic heterocycles. The number of aromatic amines is 1. The van der Waals surface area contributed by atoms with Gasteiger partial charge in [0.05, 0.1) is 32.6 Å². The lowest BCUT2D eigenvalue weighted by Crippen LogP contribution is -2.30. The molecule has 0 radical (unpaired) electrons. The van der Waals surface area contributed by atoms with Gasteiger partial charge < -0.3 is 19.1 Å². The fourth-order valence-corrected chi connectivity index (χ4v) is 4.13. The maximum Gasteiger partial charge on any atom is 0.273 e. The summed E-state index contributed by atoms with van der Waals surface area (Å²) in [5.41, 5.74) is 4.07. The summed E-state index contributed by atoms with van der Waals surface area (Å²) in [4.78, 5) is 15.1. The number of rotatable bonds is 8. The Hall–Kier alpha value is -3.48. The Morgan fingerprint density at radius 1 is 1.03 bits per heavy atom. The molecule has 0 aliphatic carbocycles. The summed E-state index contributed by atoms with van der Waals surface area (Å²) in [5, 5.41) is 7.50. The molecule has 1 aliphatic heterocycles. The van der Waals surface area contributed by atoms with Gasteiger partial charge in [0.25, 0.3) is 5.91 Å². The third-order valence-corrected chi connectivity index (χ3v) is 5.49. The molecule has 7 nitrogen and oxygen atoms in total.